The zero-order valence-electron chi connectivity index (χ0n) is 23.9. The molecule has 0 radical (unpaired) electrons. The number of benzene rings is 1. The van der Waals surface area contributed by atoms with E-state index in [1.165, 1.54) is 26.5 Å². The number of pyridine rings is 1. The summed E-state index contributed by atoms with van der Waals surface area (Å²) in [6, 6.07) is 2.87. The first kappa shape index (κ1) is 29.1. The van der Waals surface area contributed by atoms with Crippen LogP contribution in [-0.2, 0) is 4.79 Å². The Hall–Kier alpha value is -3.42. The first-order valence-corrected chi connectivity index (χ1v) is 14.7. The van der Waals surface area contributed by atoms with E-state index in [-0.39, 0.29) is 24.0 Å². The lowest BCUT2D eigenvalue weighted by atomic mass is 9.93. The van der Waals surface area contributed by atoms with Crippen LogP contribution in [0.1, 0.15) is 54.9 Å². The first-order valence-electron chi connectivity index (χ1n) is 14.7. The molecule has 2 amide bonds. The highest BCUT2D eigenvalue weighted by Crippen LogP contribution is 2.34. The van der Waals surface area contributed by atoms with E-state index < -0.39 is 29.9 Å². The van der Waals surface area contributed by atoms with Crippen LogP contribution in [0.3, 0.4) is 0 Å². The Balaban J connectivity index is 1.35. The number of methoxy groups -OCH3 is 1. The molecule has 220 valence electrons. The minimum Gasteiger partial charge on any atom is -0.496 e. The normalized spacial score (nSPS) is 24.1. The maximum atomic E-state index is 14.3. The molecule has 9 nitrogen and oxygen atoms in total. The summed E-state index contributed by atoms with van der Waals surface area (Å²) in [6.07, 6.45) is 5.13. The summed E-state index contributed by atoms with van der Waals surface area (Å²) in [4.78, 5) is 31.2. The zero-order chi connectivity index (χ0) is 28.9. The predicted octanol–water partition coefficient (Wildman–Crippen LogP) is 2.65. The van der Waals surface area contributed by atoms with Gasteiger partial charge in [-0.05, 0) is 76.3 Å². The number of nitrogens with two attached hydrogens (primary N) is 1. The fraction of sp³-hybridized carbons (Fsp3) is 0.581. The van der Waals surface area contributed by atoms with E-state index in [0.717, 1.165) is 44.9 Å². The summed E-state index contributed by atoms with van der Waals surface area (Å²) in [5.74, 6) is 6.72. The molecule has 1 aromatic heterocycles. The molecule has 41 heavy (non-hydrogen) atoms. The van der Waals surface area contributed by atoms with E-state index in [9.17, 15) is 14.0 Å². The molecule has 2 aromatic rings. The Kier molecular flexibility index (Phi) is 9.25. The van der Waals surface area contributed by atoms with Gasteiger partial charge in [0, 0.05) is 35.3 Å². The van der Waals surface area contributed by atoms with Crippen LogP contribution in [0.2, 0.25) is 0 Å². The highest BCUT2D eigenvalue weighted by atomic mass is 19.1. The lowest BCUT2D eigenvalue weighted by Gasteiger charge is -2.34. The van der Waals surface area contributed by atoms with E-state index in [2.05, 4.69) is 32.4 Å². The Morgan fingerprint density at radius 1 is 1.20 bits per heavy atom. The van der Waals surface area contributed by atoms with Gasteiger partial charge in [-0.15, -0.1) is 0 Å². The topological polar surface area (TPSA) is 119 Å². The van der Waals surface area contributed by atoms with E-state index >= 15 is 0 Å². The maximum absolute atomic E-state index is 14.3. The number of piperidine rings is 2. The van der Waals surface area contributed by atoms with Crippen molar-refractivity contribution in [2.45, 2.75) is 51.2 Å². The number of halogens is 1. The van der Waals surface area contributed by atoms with Gasteiger partial charge in [0.15, 0.2) is 6.17 Å². The number of aromatic nitrogens is 1. The van der Waals surface area contributed by atoms with Crippen LogP contribution >= 0.6 is 0 Å². The number of rotatable bonds is 8. The molecule has 0 unspecified atom stereocenters. The number of alkyl halides is 1. The van der Waals surface area contributed by atoms with Crippen molar-refractivity contribution in [1.82, 2.24) is 20.5 Å². The second-order valence-electron chi connectivity index (χ2n) is 11.4. The van der Waals surface area contributed by atoms with E-state index in [4.69, 9.17) is 15.2 Å². The molecule has 4 heterocycles. The number of amides is 2. The number of likely N-dealkylation sites (tertiary alicyclic amines) is 1. The highest BCUT2D eigenvalue weighted by molar-refractivity contribution is 6.03. The first-order chi connectivity index (χ1) is 19.9. The molecule has 10 heteroatoms. The number of primary amides is 1. The average Bonchev–Trinajstić information content (AvgIpc) is 3.27. The van der Waals surface area contributed by atoms with Gasteiger partial charge in [-0.25, -0.2) is 9.37 Å². The summed E-state index contributed by atoms with van der Waals surface area (Å²) in [5, 5.41) is 7.40. The molecule has 3 saturated heterocycles. The Morgan fingerprint density at radius 3 is 2.63 bits per heavy atom. The van der Waals surface area contributed by atoms with Crippen molar-refractivity contribution in [3.8, 4) is 23.5 Å². The van der Waals surface area contributed by atoms with Gasteiger partial charge in [0.1, 0.15) is 12.4 Å². The summed E-state index contributed by atoms with van der Waals surface area (Å²) in [7, 11) is 1.46. The Morgan fingerprint density at radius 2 is 1.95 bits per heavy atom. The lowest BCUT2D eigenvalue weighted by molar-refractivity contribution is -0.123. The summed E-state index contributed by atoms with van der Waals surface area (Å²) >= 11 is 0. The van der Waals surface area contributed by atoms with Gasteiger partial charge in [-0.2, -0.15) is 0 Å². The second-order valence-corrected chi connectivity index (χ2v) is 11.4. The number of ether oxygens (including phenoxy) is 2. The van der Waals surface area contributed by atoms with E-state index in [0.29, 0.717) is 28.5 Å². The average molecular weight is 566 g/mol. The van der Waals surface area contributed by atoms with Crippen LogP contribution in [0, 0.1) is 29.6 Å². The fourth-order valence-electron chi connectivity index (χ4n) is 6.28. The van der Waals surface area contributed by atoms with Crippen molar-refractivity contribution in [1.29, 1.82) is 0 Å². The fourth-order valence-corrected chi connectivity index (χ4v) is 6.28. The lowest BCUT2D eigenvalue weighted by Crippen LogP contribution is -2.40. The number of carbonyl (C=O) groups excluding carboxylic acids is 2. The standard InChI is InChI=1S/C31H40FN5O4/c1-3-22-26(36-30(39)28(22)32)18-41-31-24-15-27(40-2)25(29(33)38)14-23(24)21(16-35-31)5-4-19-8-12-37(13-9-19)17-20-6-10-34-11-7-20/h14-16,19-20,22,26,28,34H,3,6-13,17-18H2,1-2H3,(H2,33,38)(H,36,39)/t22-,26+,28-/m0/s1. The van der Waals surface area contributed by atoms with Crippen molar-refractivity contribution in [3.05, 3.63) is 29.5 Å². The van der Waals surface area contributed by atoms with Gasteiger partial charge in [0.25, 0.3) is 11.8 Å². The number of carbonyl (C=O) groups is 2. The van der Waals surface area contributed by atoms with Gasteiger partial charge < -0.3 is 30.7 Å². The SMILES string of the molecule is CC[C@@H]1[C@H](F)C(=O)N[C@@H]1COc1ncc(C#CC2CCN(CC3CCNCC3)CC2)c2cc(C(N)=O)c(OC)cc12. The van der Waals surface area contributed by atoms with Crippen molar-refractivity contribution in [2.24, 2.45) is 23.5 Å². The smallest absolute Gasteiger partial charge is 0.255 e. The summed E-state index contributed by atoms with van der Waals surface area (Å²) in [6.45, 7) is 7.42. The van der Waals surface area contributed by atoms with Gasteiger partial charge in [-0.3, -0.25) is 9.59 Å². The summed E-state index contributed by atoms with van der Waals surface area (Å²) in [5.41, 5.74) is 6.56. The minimum atomic E-state index is -1.55. The number of nitrogens with zero attached hydrogens (tertiary/aromatic N) is 2. The van der Waals surface area contributed by atoms with Crippen molar-refractivity contribution in [3.63, 3.8) is 0 Å². The molecule has 4 N–H and O–H groups in total. The predicted molar refractivity (Wildman–Crippen MR) is 155 cm³/mol. The zero-order valence-corrected chi connectivity index (χ0v) is 23.9. The maximum Gasteiger partial charge on any atom is 0.255 e. The third-order valence-electron chi connectivity index (χ3n) is 8.75. The van der Waals surface area contributed by atoms with Gasteiger partial charge >= 0.3 is 0 Å². The highest BCUT2D eigenvalue weighted by Gasteiger charge is 2.41. The largest absolute Gasteiger partial charge is 0.496 e. The number of nitrogens with one attached hydrogen (secondary N) is 2. The van der Waals surface area contributed by atoms with Crippen LogP contribution in [0.5, 0.6) is 11.6 Å². The van der Waals surface area contributed by atoms with Crippen molar-refractivity contribution < 1.29 is 23.5 Å². The molecule has 0 bridgehead atoms. The second kappa shape index (κ2) is 13.0. The van der Waals surface area contributed by atoms with Crippen LogP contribution in [-0.4, -0.2) is 80.4 Å². The molecule has 0 aliphatic carbocycles. The molecule has 3 fully saturated rings. The molecule has 3 atom stereocenters. The van der Waals surface area contributed by atoms with Gasteiger partial charge in [0.05, 0.1) is 24.3 Å². The van der Waals surface area contributed by atoms with Crippen LogP contribution in [0.4, 0.5) is 4.39 Å². The monoisotopic (exact) mass is 565 g/mol. The van der Waals surface area contributed by atoms with Crippen LogP contribution in [0.15, 0.2) is 18.3 Å². The van der Waals surface area contributed by atoms with Gasteiger partial charge in [-0.1, -0.05) is 18.8 Å². The molecular weight excluding hydrogens is 525 g/mol. The third kappa shape index (κ3) is 6.57. The molecule has 0 saturated carbocycles. The summed E-state index contributed by atoms with van der Waals surface area (Å²) < 4.78 is 25.8. The quantitative estimate of drug-likeness (QED) is 0.421. The molecule has 3 aliphatic rings. The van der Waals surface area contributed by atoms with E-state index in [1.54, 1.807) is 18.3 Å². The Labute approximate surface area is 240 Å². The number of fused-ring (bicyclic) bond motifs is 1. The van der Waals surface area contributed by atoms with Gasteiger partial charge in [0.2, 0.25) is 5.88 Å². The molecule has 0 spiro atoms. The number of hydrogen-bond acceptors (Lipinski definition) is 7. The van der Waals surface area contributed by atoms with E-state index in [1.807, 2.05) is 6.92 Å². The van der Waals surface area contributed by atoms with Crippen molar-refractivity contribution in [2.75, 3.05) is 46.4 Å². The number of hydrogen-bond donors (Lipinski definition) is 3. The molecule has 5 rings (SSSR count). The van der Waals surface area contributed by atoms with Crippen LogP contribution < -0.4 is 25.8 Å². The Bertz CT molecular complexity index is 1330. The third-order valence-corrected chi connectivity index (χ3v) is 8.75. The molecule has 1 aromatic carbocycles. The molecular formula is C31H40FN5O4. The minimum absolute atomic E-state index is 0.0631. The molecule has 3 aliphatic heterocycles. The van der Waals surface area contributed by atoms with Crippen molar-refractivity contribution >= 4 is 22.6 Å². The van der Waals surface area contributed by atoms with Crippen LogP contribution in [0.25, 0.3) is 10.8 Å².